The molecule has 0 saturated carbocycles. The molecule has 0 aromatic carbocycles. The average molecular weight is 279 g/mol. The third kappa shape index (κ3) is 2.99. The van der Waals surface area contributed by atoms with Crippen molar-refractivity contribution in [3.8, 4) is 0 Å². The Morgan fingerprint density at radius 1 is 1.37 bits per heavy atom. The Kier molecular flexibility index (Phi) is 4.15. The van der Waals surface area contributed by atoms with E-state index < -0.39 is 0 Å². The maximum atomic E-state index is 12.5. The summed E-state index contributed by atoms with van der Waals surface area (Å²) >= 11 is 1.77. The van der Waals surface area contributed by atoms with Crippen molar-refractivity contribution >= 4 is 17.2 Å². The Bertz CT molecular complexity index is 414. The normalized spacial score (nSPS) is 24.8. The maximum Gasteiger partial charge on any atom is 0.237 e. The molecule has 0 spiro atoms. The van der Waals surface area contributed by atoms with Crippen molar-refractivity contribution in [2.75, 3.05) is 39.3 Å². The second-order valence-corrected chi connectivity index (χ2v) is 6.27. The van der Waals surface area contributed by atoms with E-state index >= 15 is 0 Å². The van der Waals surface area contributed by atoms with Gasteiger partial charge in [0.1, 0.15) is 0 Å². The van der Waals surface area contributed by atoms with E-state index in [1.54, 1.807) is 11.3 Å². The molecule has 3 rings (SSSR count). The smallest absolute Gasteiger partial charge is 0.237 e. The number of hydrogen-bond acceptors (Lipinski definition) is 4. The fourth-order valence-electron chi connectivity index (χ4n) is 2.99. The Morgan fingerprint density at radius 3 is 2.95 bits per heavy atom. The first-order valence-corrected chi connectivity index (χ1v) is 7.98. The third-order valence-electron chi connectivity index (χ3n) is 4.01. The molecule has 0 bridgehead atoms. The molecular formula is C14H21N3OS. The van der Waals surface area contributed by atoms with Gasteiger partial charge in [-0.05, 0) is 24.3 Å². The number of carbonyl (C=O) groups is 1. The molecule has 3 heterocycles. The van der Waals surface area contributed by atoms with Crippen molar-refractivity contribution in [2.45, 2.75) is 18.9 Å². The van der Waals surface area contributed by atoms with Gasteiger partial charge in [-0.3, -0.25) is 9.69 Å². The fraction of sp³-hybridized carbons (Fsp3) is 0.643. The lowest BCUT2D eigenvalue weighted by molar-refractivity contribution is -0.133. The number of piperazine rings is 1. The van der Waals surface area contributed by atoms with Gasteiger partial charge in [0.2, 0.25) is 5.91 Å². The molecule has 2 aliphatic rings. The van der Waals surface area contributed by atoms with Crippen LogP contribution in [0.5, 0.6) is 0 Å². The molecule has 1 atom stereocenters. The Labute approximate surface area is 118 Å². The van der Waals surface area contributed by atoms with Crippen LogP contribution >= 0.6 is 11.3 Å². The Balaban J connectivity index is 1.62. The fourth-order valence-corrected chi connectivity index (χ4v) is 3.87. The van der Waals surface area contributed by atoms with E-state index in [4.69, 9.17) is 0 Å². The van der Waals surface area contributed by atoms with Crippen molar-refractivity contribution in [2.24, 2.45) is 0 Å². The van der Waals surface area contributed by atoms with Crippen molar-refractivity contribution < 1.29 is 4.79 Å². The second-order valence-electron chi connectivity index (χ2n) is 5.29. The molecule has 0 radical (unpaired) electrons. The molecule has 2 aliphatic heterocycles. The number of hydrogen-bond donors (Lipinski definition) is 1. The summed E-state index contributed by atoms with van der Waals surface area (Å²) in [6.45, 7) is 5.49. The molecule has 2 fully saturated rings. The summed E-state index contributed by atoms with van der Waals surface area (Å²) < 4.78 is 0. The van der Waals surface area contributed by atoms with Crippen LogP contribution in [-0.2, 0) is 4.79 Å². The van der Waals surface area contributed by atoms with Gasteiger partial charge in [0.15, 0.2) is 0 Å². The lowest BCUT2D eigenvalue weighted by Crippen LogP contribution is -2.48. The van der Waals surface area contributed by atoms with Crippen LogP contribution in [0.4, 0.5) is 0 Å². The molecule has 5 heteroatoms. The molecule has 19 heavy (non-hydrogen) atoms. The van der Waals surface area contributed by atoms with E-state index in [1.807, 2.05) is 0 Å². The zero-order valence-corrected chi connectivity index (χ0v) is 12.0. The van der Waals surface area contributed by atoms with Gasteiger partial charge in [0, 0.05) is 37.6 Å². The summed E-state index contributed by atoms with van der Waals surface area (Å²) in [4.78, 5) is 18.2. The van der Waals surface area contributed by atoms with Crippen LogP contribution in [-0.4, -0.2) is 55.0 Å². The maximum absolute atomic E-state index is 12.5. The highest BCUT2D eigenvalue weighted by molar-refractivity contribution is 7.10. The van der Waals surface area contributed by atoms with E-state index in [9.17, 15) is 4.79 Å². The molecule has 0 aliphatic carbocycles. The number of thiophene rings is 1. The summed E-state index contributed by atoms with van der Waals surface area (Å²) in [6.07, 6.45) is 2.25. The number of nitrogens with zero attached hydrogens (tertiary/aromatic N) is 2. The van der Waals surface area contributed by atoms with Crippen molar-refractivity contribution in [1.82, 2.24) is 15.1 Å². The predicted molar refractivity (Wildman–Crippen MR) is 77.3 cm³/mol. The number of nitrogens with one attached hydrogen (secondary N) is 1. The van der Waals surface area contributed by atoms with Gasteiger partial charge < -0.3 is 10.2 Å². The number of likely N-dealkylation sites (tertiary alicyclic amines) is 1. The van der Waals surface area contributed by atoms with Crippen LogP contribution < -0.4 is 5.32 Å². The van der Waals surface area contributed by atoms with Gasteiger partial charge in [0.05, 0.1) is 12.6 Å². The molecule has 2 saturated heterocycles. The zero-order valence-electron chi connectivity index (χ0n) is 11.2. The standard InChI is InChI=1S/C14H21N3OS/c18-14(11-16-8-5-15-6-9-16)17-7-1-3-12(17)13-4-2-10-19-13/h2,4,10,12,15H,1,3,5-9,11H2. The van der Waals surface area contributed by atoms with Crippen LogP contribution in [0.2, 0.25) is 0 Å². The molecule has 4 nitrogen and oxygen atoms in total. The zero-order chi connectivity index (χ0) is 13.1. The Hall–Kier alpha value is -0.910. The van der Waals surface area contributed by atoms with Crippen molar-refractivity contribution in [3.05, 3.63) is 22.4 Å². The summed E-state index contributed by atoms with van der Waals surface area (Å²) in [5, 5.41) is 5.43. The number of rotatable bonds is 3. The Morgan fingerprint density at radius 2 is 2.21 bits per heavy atom. The number of amides is 1. The highest BCUT2D eigenvalue weighted by atomic mass is 32.1. The average Bonchev–Trinajstić information content (AvgIpc) is 3.10. The first kappa shape index (κ1) is 13.1. The van der Waals surface area contributed by atoms with E-state index in [2.05, 4.69) is 32.6 Å². The molecular weight excluding hydrogens is 258 g/mol. The van der Waals surface area contributed by atoms with Crippen molar-refractivity contribution in [3.63, 3.8) is 0 Å². The first-order chi connectivity index (χ1) is 9.34. The highest BCUT2D eigenvalue weighted by Gasteiger charge is 2.31. The molecule has 104 valence electrons. The summed E-state index contributed by atoms with van der Waals surface area (Å²) in [7, 11) is 0. The third-order valence-corrected chi connectivity index (χ3v) is 4.99. The highest BCUT2D eigenvalue weighted by Crippen LogP contribution is 2.34. The van der Waals surface area contributed by atoms with Gasteiger partial charge in [-0.25, -0.2) is 0 Å². The van der Waals surface area contributed by atoms with Gasteiger partial charge >= 0.3 is 0 Å². The summed E-state index contributed by atoms with van der Waals surface area (Å²) in [5.74, 6) is 0.304. The molecule has 1 aromatic rings. The monoisotopic (exact) mass is 279 g/mol. The SMILES string of the molecule is O=C(CN1CCNCC1)N1CCCC1c1cccs1. The minimum Gasteiger partial charge on any atom is -0.334 e. The quantitative estimate of drug-likeness (QED) is 0.906. The van der Waals surface area contributed by atoms with Gasteiger partial charge in [-0.2, -0.15) is 0 Å². The summed E-state index contributed by atoms with van der Waals surface area (Å²) in [6, 6.07) is 4.57. The lowest BCUT2D eigenvalue weighted by Gasteiger charge is -2.30. The van der Waals surface area contributed by atoms with E-state index in [0.717, 1.165) is 45.6 Å². The summed E-state index contributed by atoms with van der Waals surface area (Å²) in [5.41, 5.74) is 0. The van der Waals surface area contributed by atoms with Crippen LogP contribution in [0, 0.1) is 0 Å². The van der Waals surface area contributed by atoms with E-state index in [0.29, 0.717) is 18.5 Å². The molecule has 1 N–H and O–H groups in total. The van der Waals surface area contributed by atoms with Crippen LogP contribution in [0.3, 0.4) is 0 Å². The van der Waals surface area contributed by atoms with Gasteiger partial charge in [-0.15, -0.1) is 11.3 Å². The van der Waals surface area contributed by atoms with Gasteiger partial charge in [-0.1, -0.05) is 6.07 Å². The van der Waals surface area contributed by atoms with E-state index in [-0.39, 0.29) is 0 Å². The van der Waals surface area contributed by atoms with Crippen LogP contribution in [0.1, 0.15) is 23.8 Å². The van der Waals surface area contributed by atoms with Crippen LogP contribution in [0.15, 0.2) is 17.5 Å². The van der Waals surface area contributed by atoms with Gasteiger partial charge in [0.25, 0.3) is 0 Å². The van der Waals surface area contributed by atoms with Crippen molar-refractivity contribution in [1.29, 1.82) is 0 Å². The minimum absolute atomic E-state index is 0.304. The largest absolute Gasteiger partial charge is 0.334 e. The molecule has 1 unspecified atom stereocenters. The topological polar surface area (TPSA) is 35.6 Å². The number of carbonyl (C=O) groups excluding carboxylic acids is 1. The van der Waals surface area contributed by atoms with Crippen LogP contribution in [0.25, 0.3) is 0 Å². The predicted octanol–water partition coefficient (Wildman–Crippen LogP) is 1.32. The minimum atomic E-state index is 0.304. The van der Waals surface area contributed by atoms with E-state index in [1.165, 1.54) is 4.88 Å². The molecule has 1 amide bonds. The second kappa shape index (κ2) is 6.03. The molecule has 1 aromatic heterocycles. The first-order valence-electron chi connectivity index (χ1n) is 7.10. The lowest BCUT2D eigenvalue weighted by atomic mass is 10.2.